The molecule has 4 rings (SSSR count). The summed E-state index contributed by atoms with van der Waals surface area (Å²) in [5, 5.41) is 0. The molecule has 0 amide bonds. The predicted octanol–water partition coefficient (Wildman–Crippen LogP) is 4.77. The lowest BCUT2D eigenvalue weighted by atomic mass is 9.93. The third-order valence-electron chi connectivity index (χ3n) is 5.40. The van der Waals surface area contributed by atoms with Crippen LogP contribution >= 0.6 is 0 Å². The monoisotopic (exact) mass is 423 g/mol. The number of aryl methyl sites for hydroxylation is 2. The Bertz CT molecular complexity index is 1120. The minimum Gasteiger partial charge on any atom is -0.490 e. The van der Waals surface area contributed by atoms with Gasteiger partial charge in [-0.3, -0.25) is 4.79 Å². The van der Waals surface area contributed by atoms with Gasteiger partial charge in [0.1, 0.15) is 0 Å². The molecule has 31 heavy (non-hydrogen) atoms. The van der Waals surface area contributed by atoms with Crippen molar-refractivity contribution in [1.29, 1.82) is 0 Å². The molecule has 0 saturated heterocycles. The molecule has 1 aromatic carbocycles. The van der Waals surface area contributed by atoms with E-state index in [-0.39, 0.29) is 11.2 Å². The fourth-order valence-corrected chi connectivity index (χ4v) is 4.17. The lowest BCUT2D eigenvalue weighted by Crippen LogP contribution is -2.16. The van der Waals surface area contributed by atoms with Crippen molar-refractivity contribution in [2.24, 2.45) is 0 Å². The van der Waals surface area contributed by atoms with Crippen molar-refractivity contribution in [2.45, 2.75) is 40.7 Å². The van der Waals surface area contributed by atoms with Gasteiger partial charge in [-0.1, -0.05) is 0 Å². The zero-order valence-electron chi connectivity index (χ0n) is 18.6. The van der Waals surface area contributed by atoms with Crippen LogP contribution in [0, 0.1) is 0 Å². The lowest BCUT2D eigenvalue weighted by Gasteiger charge is -2.27. The summed E-state index contributed by atoms with van der Waals surface area (Å²) >= 11 is 0. The SMILES string of the molecule is CCOc1cc2c(cc1OCC)-c1cc3cc(=O)c(OCC)c(OCC)c-3cn1CC2. The highest BCUT2D eigenvalue weighted by molar-refractivity contribution is 5.81. The van der Waals surface area contributed by atoms with Crippen LogP contribution in [0.25, 0.3) is 22.4 Å². The third-order valence-corrected chi connectivity index (χ3v) is 5.40. The van der Waals surface area contributed by atoms with Gasteiger partial charge in [0.05, 0.1) is 26.4 Å². The number of benzene rings is 2. The summed E-state index contributed by atoms with van der Waals surface area (Å²) in [6.45, 7) is 10.6. The van der Waals surface area contributed by atoms with Crippen molar-refractivity contribution in [3.8, 4) is 45.4 Å². The fourth-order valence-electron chi connectivity index (χ4n) is 4.17. The van der Waals surface area contributed by atoms with E-state index in [0.717, 1.165) is 46.8 Å². The van der Waals surface area contributed by atoms with E-state index in [0.29, 0.717) is 32.2 Å². The lowest BCUT2D eigenvalue weighted by molar-refractivity contribution is 0.286. The van der Waals surface area contributed by atoms with E-state index in [4.69, 9.17) is 18.9 Å². The number of nitrogens with zero attached hydrogens (tertiary/aromatic N) is 1. The fraction of sp³-hybridized carbons (Fsp3) is 0.400. The smallest absolute Gasteiger partial charge is 0.224 e. The maximum atomic E-state index is 12.7. The Morgan fingerprint density at radius 3 is 2.10 bits per heavy atom. The number of ether oxygens (including phenoxy) is 4. The Morgan fingerprint density at radius 2 is 1.42 bits per heavy atom. The second-order valence-corrected chi connectivity index (χ2v) is 7.33. The van der Waals surface area contributed by atoms with Crippen LogP contribution in [-0.4, -0.2) is 31.0 Å². The van der Waals surface area contributed by atoms with Crippen LogP contribution in [0.2, 0.25) is 0 Å². The second kappa shape index (κ2) is 8.92. The standard InChI is InChI=1S/C25H29NO5/c1-5-28-22-13-16-9-10-26-15-19-17(11-20(26)18(16)14-23(22)29-6-2)12-21(27)25(31-8-4)24(19)30-7-3/h11-15H,5-10H2,1-4H3. The molecule has 0 bridgehead atoms. The van der Waals surface area contributed by atoms with E-state index in [2.05, 4.69) is 29.0 Å². The molecule has 0 N–H and O–H groups in total. The summed E-state index contributed by atoms with van der Waals surface area (Å²) in [6, 6.07) is 7.83. The number of fused-ring (bicyclic) bond motifs is 4. The highest BCUT2D eigenvalue weighted by atomic mass is 16.5. The van der Waals surface area contributed by atoms with Crippen LogP contribution in [0.1, 0.15) is 33.3 Å². The van der Waals surface area contributed by atoms with Crippen LogP contribution in [0.4, 0.5) is 0 Å². The second-order valence-electron chi connectivity index (χ2n) is 7.33. The van der Waals surface area contributed by atoms with Gasteiger partial charge >= 0.3 is 0 Å². The Balaban J connectivity index is 1.92. The molecule has 0 aromatic heterocycles. The van der Waals surface area contributed by atoms with Crippen molar-refractivity contribution >= 4 is 0 Å². The summed E-state index contributed by atoms with van der Waals surface area (Å²) in [5.41, 5.74) is 4.91. The molecule has 0 radical (unpaired) electrons. The maximum absolute atomic E-state index is 12.7. The molecule has 6 nitrogen and oxygen atoms in total. The normalized spacial score (nSPS) is 12.3. The van der Waals surface area contributed by atoms with Crippen molar-refractivity contribution in [3.05, 3.63) is 46.2 Å². The molecule has 2 aliphatic heterocycles. The van der Waals surface area contributed by atoms with Gasteiger partial charge in [-0.15, -0.1) is 0 Å². The summed E-state index contributed by atoms with van der Waals surface area (Å²) in [5.74, 6) is 2.32. The summed E-state index contributed by atoms with van der Waals surface area (Å²) in [4.78, 5) is 12.7. The first-order valence-corrected chi connectivity index (χ1v) is 11.0. The van der Waals surface area contributed by atoms with Crippen molar-refractivity contribution in [3.63, 3.8) is 0 Å². The molecule has 0 fully saturated rings. The van der Waals surface area contributed by atoms with Gasteiger partial charge in [0.15, 0.2) is 17.2 Å². The molecule has 164 valence electrons. The van der Waals surface area contributed by atoms with Gasteiger partial charge in [-0.05, 0) is 69.5 Å². The predicted molar refractivity (Wildman–Crippen MR) is 121 cm³/mol. The van der Waals surface area contributed by atoms with E-state index in [1.165, 1.54) is 5.56 Å². The molecule has 0 unspecified atom stereocenters. The van der Waals surface area contributed by atoms with E-state index in [1.54, 1.807) is 6.07 Å². The van der Waals surface area contributed by atoms with Crippen molar-refractivity contribution in [2.75, 3.05) is 26.4 Å². The minimum absolute atomic E-state index is 0.166. The minimum atomic E-state index is -0.166. The summed E-state index contributed by atoms with van der Waals surface area (Å²) in [6.07, 6.45) is 2.95. The first kappa shape index (κ1) is 21.1. The third kappa shape index (κ3) is 3.82. The molecule has 1 aliphatic carbocycles. The van der Waals surface area contributed by atoms with Crippen LogP contribution in [0.5, 0.6) is 23.0 Å². The van der Waals surface area contributed by atoms with Gasteiger partial charge < -0.3 is 23.5 Å². The highest BCUT2D eigenvalue weighted by Gasteiger charge is 2.25. The number of rotatable bonds is 8. The van der Waals surface area contributed by atoms with Gasteiger partial charge in [0.2, 0.25) is 11.2 Å². The molecule has 3 aliphatic rings. The Morgan fingerprint density at radius 1 is 0.774 bits per heavy atom. The zero-order valence-corrected chi connectivity index (χ0v) is 18.6. The molecular weight excluding hydrogens is 394 g/mol. The Kier molecular flexibility index (Phi) is 6.07. The van der Waals surface area contributed by atoms with Crippen LogP contribution in [-0.2, 0) is 13.0 Å². The quantitative estimate of drug-likeness (QED) is 0.522. The van der Waals surface area contributed by atoms with E-state index in [1.807, 2.05) is 27.7 Å². The average molecular weight is 424 g/mol. The zero-order chi connectivity index (χ0) is 22.0. The number of hydrogen-bond acceptors (Lipinski definition) is 5. The topological polar surface area (TPSA) is 58.9 Å². The average Bonchev–Trinajstić information content (AvgIpc) is 2.76. The molecular formula is C25H29NO5. The highest BCUT2D eigenvalue weighted by Crippen LogP contribution is 2.43. The molecule has 2 heterocycles. The molecule has 6 heteroatoms. The number of pyridine rings is 1. The summed E-state index contributed by atoms with van der Waals surface area (Å²) < 4.78 is 25.4. The maximum Gasteiger partial charge on any atom is 0.224 e. The Labute approximate surface area is 182 Å². The van der Waals surface area contributed by atoms with E-state index >= 15 is 0 Å². The molecule has 0 spiro atoms. The first-order chi connectivity index (χ1) is 15.1. The largest absolute Gasteiger partial charge is 0.490 e. The number of aromatic nitrogens is 1. The van der Waals surface area contributed by atoms with Crippen LogP contribution < -0.4 is 24.4 Å². The van der Waals surface area contributed by atoms with E-state index in [9.17, 15) is 4.79 Å². The van der Waals surface area contributed by atoms with Gasteiger partial charge in [0.25, 0.3) is 0 Å². The molecule has 1 aromatic rings. The van der Waals surface area contributed by atoms with Crippen molar-refractivity contribution < 1.29 is 18.9 Å². The van der Waals surface area contributed by atoms with Crippen LogP contribution in [0.3, 0.4) is 0 Å². The first-order valence-electron chi connectivity index (χ1n) is 11.0. The van der Waals surface area contributed by atoms with Crippen molar-refractivity contribution in [1.82, 2.24) is 4.57 Å². The van der Waals surface area contributed by atoms with Gasteiger partial charge in [0, 0.05) is 29.6 Å². The van der Waals surface area contributed by atoms with Gasteiger partial charge in [-0.2, -0.15) is 0 Å². The number of hydrogen-bond donors (Lipinski definition) is 0. The Hall–Kier alpha value is -3.15. The summed E-state index contributed by atoms with van der Waals surface area (Å²) in [7, 11) is 0. The molecule has 0 saturated carbocycles. The van der Waals surface area contributed by atoms with Crippen LogP contribution in [0.15, 0.2) is 35.3 Å². The molecule has 0 atom stereocenters. The van der Waals surface area contributed by atoms with Gasteiger partial charge in [-0.25, -0.2) is 0 Å². The van der Waals surface area contributed by atoms with E-state index < -0.39 is 0 Å².